The molecule has 1 N–H and O–H groups in total. The highest BCUT2D eigenvalue weighted by Gasteiger charge is 2.26. The van der Waals surface area contributed by atoms with Crippen LogP contribution in [0.4, 0.5) is 11.5 Å². The van der Waals surface area contributed by atoms with Crippen LogP contribution >= 0.6 is 0 Å². The lowest BCUT2D eigenvalue weighted by atomic mass is 10.1. The van der Waals surface area contributed by atoms with Crippen LogP contribution in [0.15, 0.2) is 84.4 Å². The van der Waals surface area contributed by atoms with E-state index in [2.05, 4.69) is 57.3 Å². The first kappa shape index (κ1) is 22.9. The summed E-state index contributed by atoms with van der Waals surface area (Å²) in [7, 11) is 0. The summed E-state index contributed by atoms with van der Waals surface area (Å²) in [5, 5.41) is 6.58. The Labute approximate surface area is 215 Å². The van der Waals surface area contributed by atoms with Gasteiger partial charge >= 0.3 is 0 Å². The van der Waals surface area contributed by atoms with Gasteiger partial charge in [0, 0.05) is 35.3 Å². The SMILES string of the molecule is Cc1cc(Nc2ncnc3ccc(CC4=NC(C)(C)CO4)cc23)ccc1Oc1ccc2ccncc2c1. The summed E-state index contributed by atoms with van der Waals surface area (Å²) in [4.78, 5) is 17.9. The molecule has 1 aliphatic heterocycles. The molecule has 5 aromatic rings. The van der Waals surface area contributed by atoms with E-state index in [0.717, 1.165) is 61.7 Å². The Morgan fingerprint density at radius 3 is 2.73 bits per heavy atom. The minimum atomic E-state index is -0.165. The van der Waals surface area contributed by atoms with Gasteiger partial charge in [-0.1, -0.05) is 12.1 Å². The van der Waals surface area contributed by atoms with Crippen molar-refractivity contribution in [3.05, 3.63) is 90.5 Å². The van der Waals surface area contributed by atoms with Crippen molar-refractivity contribution >= 4 is 39.1 Å². The largest absolute Gasteiger partial charge is 0.478 e. The normalized spacial score (nSPS) is 14.4. The van der Waals surface area contributed by atoms with Crippen molar-refractivity contribution in [2.75, 3.05) is 11.9 Å². The van der Waals surface area contributed by atoms with Crippen LogP contribution < -0.4 is 10.1 Å². The zero-order valence-corrected chi connectivity index (χ0v) is 21.0. The Kier molecular flexibility index (Phi) is 5.68. The first-order valence-electron chi connectivity index (χ1n) is 12.3. The highest BCUT2D eigenvalue weighted by Crippen LogP contribution is 2.31. The fourth-order valence-electron chi connectivity index (χ4n) is 4.47. The Morgan fingerprint density at radius 1 is 0.973 bits per heavy atom. The quantitative estimate of drug-likeness (QED) is 0.283. The predicted molar refractivity (Wildman–Crippen MR) is 147 cm³/mol. The number of aryl methyl sites for hydroxylation is 1. The molecule has 37 heavy (non-hydrogen) atoms. The summed E-state index contributed by atoms with van der Waals surface area (Å²) in [6, 6.07) is 20.2. The fraction of sp³-hybridized carbons (Fsp3) is 0.200. The van der Waals surface area contributed by atoms with Gasteiger partial charge < -0.3 is 14.8 Å². The van der Waals surface area contributed by atoms with Crippen LogP contribution in [0, 0.1) is 6.92 Å². The molecule has 0 unspecified atom stereocenters. The van der Waals surface area contributed by atoms with Gasteiger partial charge in [-0.25, -0.2) is 15.0 Å². The van der Waals surface area contributed by atoms with E-state index in [1.54, 1.807) is 12.5 Å². The molecule has 3 heterocycles. The Balaban J connectivity index is 1.23. The average molecular weight is 490 g/mol. The second-order valence-corrected chi connectivity index (χ2v) is 9.95. The lowest BCUT2D eigenvalue weighted by molar-refractivity contribution is 0.275. The molecule has 0 atom stereocenters. The van der Waals surface area contributed by atoms with E-state index in [1.165, 1.54) is 0 Å². The second-order valence-electron chi connectivity index (χ2n) is 9.95. The molecule has 0 aliphatic carbocycles. The van der Waals surface area contributed by atoms with Crippen LogP contribution in [0.1, 0.15) is 25.0 Å². The average Bonchev–Trinajstić information content (AvgIpc) is 3.23. The summed E-state index contributed by atoms with van der Waals surface area (Å²) in [6.45, 7) is 6.80. The Morgan fingerprint density at radius 2 is 1.89 bits per heavy atom. The van der Waals surface area contributed by atoms with E-state index >= 15 is 0 Å². The number of pyridine rings is 1. The van der Waals surface area contributed by atoms with Crippen LogP contribution in [0.2, 0.25) is 0 Å². The molecule has 6 rings (SSSR count). The first-order chi connectivity index (χ1) is 17.9. The molecule has 7 heteroatoms. The third-order valence-electron chi connectivity index (χ3n) is 6.35. The summed E-state index contributed by atoms with van der Waals surface area (Å²) < 4.78 is 12.0. The zero-order chi connectivity index (χ0) is 25.4. The van der Waals surface area contributed by atoms with Gasteiger partial charge in [-0.15, -0.1) is 0 Å². The van der Waals surface area contributed by atoms with Gasteiger partial charge in [0.05, 0.1) is 11.1 Å². The number of nitrogens with zero attached hydrogens (tertiary/aromatic N) is 4. The van der Waals surface area contributed by atoms with E-state index in [-0.39, 0.29) is 5.54 Å². The Bertz CT molecular complexity index is 1660. The second kappa shape index (κ2) is 9.17. The topological polar surface area (TPSA) is 81.5 Å². The maximum atomic E-state index is 6.18. The highest BCUT2D eigenvalue weighted by atomic mass is 16.5. The number of fused-ring (bicyclic) bond motifs is 2. The van der Waals surface area contributed by atoms with Crippen LogP contribution in [0.25, 0.3) is 21.7 Å². The lowest BCUT2D eigenvalue weighted by Crippen LogP contribution is -2.17. The van der Waals surface area contributed by atoms with Crippen molar-refractivity contribution in [1.29, 1.82) is 0 Å². The minimum Gasteiger partial charge on any atom is -0.478 e. The zero-order valence-electron chi connectivity index (χ0n) is 21.0. The predicted octanol–water partition coefficient (Wildman–Crippen LogP) is 6.77. The molecule has 184 valence electrons. The van der Waals surface area contributed by atoms with E-state index in [4.69, 9.17) is 9.47 Å². The van der Waals surface area contributed by atoms with Crippen molar-refractivity contribution in [2.24, 2.45) is 4.99 Å². The lowest BCUT2D eigenvalue weighted by Gasteiger charge is -2.13. The third-order valence-corrected chi connectivity index (χ3v) is 6.35. The molecule has 0 bridgehead atoms. The minimum absolute atomic E-state index is 0.165. The van der Waals surface area contributed by atoms with Crippen molar-refractivity contribution in [3.8, 4) is 11.5 Å². The molecule has 3 aromatic carbocycles. The summed E-state index contributed by atoms with van der Waals surface area (Å²) in [5.41, 5.74) is 3.74. The number of anilines is 2. The van der Waals surface area contributed by atoms with Crippen LogP contribution in [0.5, 0.6) is 11.5 Å². The molecule has 2 aromatic heterocycles. The molecule has 0 saturated carbocycles. The fourth-order valence-corrected chi connectivity index (χ4v) is 4.47. The van der Waals surface area contributed by atoms with Crippen molar-refractivity contribution in [2.45, 2.75) is 32.7 Å². The molecule has 0 radical (unpaired) electrons. The summed E-state index contributed by atoms with van der Waals surface area (Å²) in [5.74, 6) is 3.09. The highest BCUT2D eigenvalue weighted by molar-refractivity contribution is 5.92. The van der Waals surface area contributed by atoms with Gasteiger partial charge in [-0.3, -0.25) is 4.98 Å². The van der Waals surface area contributed by atoms with E-state index in [9.17, 15) is 0 Å². The van der Waals surface area contributed by atoms with Gasteiger partial charge in [0.25, 0.3) is 0 Å². The number of rotatable bonds is 6. The number of nitrogens with one attached hydrogen (secondary N) is 1. The summed E-state index contributed by atoms with van der Waals surface area (Å²) >= 11 is 0. The monoisotopic (exact) mass is 489 g/mol. The van der Waals surface area contributed by atoms with E-state index in [0.29, 0.717) is 13.0 Å². The molecule has 1 aliphatic rings. The molecular formula is C30H27N5O2. The molecular weight excluding hydrogens is 462 g/mol. The van der Waals surface area contributed by atoms with Crippen molar-refractivity contribution < 1.29 is 9.47 Å². The van der Waals surface area contributed by atoms with Crippen LogP contribution in [-0.2, 0) is 11.2 Å². The summed E-state index contributed by atoms with van der Waals surface area (Å²) in [6.07, 6.45) is 5.86. The van der Waals surface area contributed by atoms with Crippen molar-refractivity contribution in [3.63, 3.8) is 0 Å². The van der Waals surface area contributed by atoms with Gasteiger partial charge in [0.2, 0.25) is 0 Å². The molecule has 0 fully saturated rings. The maximum Gasteiger partial charge on any atom is 0.188 e. The number of ether oxygens (including phenoxy) is 2. The molecule has 0 spiro atoms. The van der Waals surface area contributed by atoms with Gasteiger partial charge in [-0.2, -0.15) is 0 Å². The standard InChI is InChI=1S/C30H27N5O2/c1-19-12-23(6-9-27(19)37-24-7-5-21-10-11-31-16-22(21)15-24)34-29-25-13-20(4-8-26(25)32-18-33-29)14-28-35-30(2,3)17-36-28/h4-13,15-16,18H,14,17H2,1-3H3,(H,32,33,34). The number of aliphatic imine (C=N–C) groups is 1. The van der Waals surface area contributed by atoms with E-state index in [1.807, 2.05) is 55.6 Å². The van der Waals surface area contributed by atoms with Gasteiger partial charge in [0.1, 0.15) is 30.3 Å². The number of aromatic nitrogens is 3. The van der Waals surface area contributed by atoms with Crippen LogP contribution in [-0.4, -0.2) is 33.0 Å². The maximum absolute atomic E-state index is 6.18. The van der Waals surface area contributed by atoms with E-state index < -0.39 is 0 Å². The number of hydrogen-bond acceptors (Lipinski definition) is 7. The third kappa shape index (κ3) is 4.93. The number of hydrogen-bond donors (Lipinski definition) is 1. The molecule has 7 nitrogen and oxygen atoms in total. The van der Waals surface area contributed by atoms with Gasteiger partial charge in [-0.05, 0) is 85.8 Å². The Hall–Kier alpha value is -4.52. The molecule has 0 saturated heterocycles. The van der Waals surface area contributed by atoms with Gasteiger partial charge in [0.15, 0.2) is 5.90 Å². The number of benzene rings is 3. The van der Waals surface area contributed by atoms with Crippen LogP contribution in [0.3, 0.4) is 0 Å². The smallest absolute Gasteiger partial charge is 0.188 e. The first-order valence-corrected chi connectivity index (χ1v) is 12.3. The van der Waals surface area contributed by atoms with Crippen molar-refractivity contribution in [1.82, 2.24) is 15.0 Å². The molecule has 0 amide bonds.